The Morgan fingerprint density at radius 1 is 1.00 bits per heavy atom. The van der Waals surface area contributed by atoms with Crippen molar-refractivity contribution in [2.24, 2.45) is 0 Å². The second-order valence-corrected chi connectivity index (χ2v) is 5.05. The fourth-order valence-corrected chi connectivity index (χ4v) is 2.49. The lowest BCUT2D eigenvalue weighted by molar-refractivity contribution is 1.08. The first-order valence-corrected chi connectivity index (χ1v) is 6.93. The Hall–Kier alpha value is -2.20. The van der Waals surface area contributed by atoms with Crippen molar-refractivity contribution < 1.29 is 0 Å². The molecule has 0 aliphatic rings. The molecular formula is C15H13N3S. The van der Waals surface area contributed by atoms with Gasteiger partial charge in [-0.1, -0.05) is 36.4 Å². The van der Waals surface area contributed by atoms with Crippen molar-refractivity contribution in [1.82, 2.24) is 9.97 Å². The Balaban J connectivity index is 1.74. The fourth-order valence-electron chi connectivity index (χ4n) is 1.80. The van der Waals surface area contributed by atoms with Gasteiger partial charge in [-0.3, -0.25) is 0 Å². The van der Waals surface area contributed by atoms with Crippen LogP contribution in [0.4, 0.5) is 5.82 Å². The van der Waals surface area contributed by atoms with Crippen LogP contribution in [0.25, 0.3) is 10.6 Å². The zero-order valence-corrected chi connectivity index (χ0v) is 11.1. The highest BCUT2D eigenvalue weighted by molar-refractivity contribution is 7.13. The second kappa shape index (κ2) is 5.63. The molecule has 0 atom stereocenters. The molecule has 3 nitrogen and oxygen atoms in total. The maximum Gasteiger partial charge on any atom is 0.130 e. The molecule has 19 heavy (non-hydrogen) atoms. The van der Waals surface area contributed by atoms with Crippen molar-refractivity contribution in [1.29, 1.82) is 0 Å². The van der Waals surface area contributed by atoms with E-state index in [0.29, 0.717) is 0 Å². The number of anilines is 1. The number of aromatic nitrogens is 2. The number of nitrogens with zero attached hydrogens (tertiary/aromatic N) is 2. The molecule has 0 radical (unpaired) electrons. The molecule has 0 bridgehead atoms. The second-order valence-electron chi connectivity index (χ2n) is 4.10. The lowest BCUT2D eigenvalue weighted by atomic mass is 10.2. The summed E-state index contributed by atoms with van der Waals surface area (Å²) in [5.41, 5.74) is 2.19. The zero-order chi connectivity index (χ0) is 12.9. The van der Waals surface area contributed by atoms with Crippen LogP contribution < -0.4 is 5.32 Å². The molecule has 0 aliphatic heterocycles. The molecule has 4 heteroatoms. The van der Waals surface area contributed by atoms with Gasteiger partial charge in [0.1, 0.15) is 12.1 Å². The van der Waals surface area contributed by atoms with Gasteiger partial charge >= 0.3 is 0 Å². The maximum atomic E-state index is 4.30. The fraction of sp³-hybridized carbons (Fsp3) is 0.0667. The van der Waals surface area contributed by atoms with E-state index < -0.39 is 0 Å². The van der Waals surface area contributed by atoms with E-state index in [1.54, 1.807) is 17.7 Å². The van der Waals surface area contributed by atoms with Gasteiger partial charge in [-0.15, -0.1) is 11.3 Å². The number of nitrogens with one attached hydrogen (secondary N) is 1. The molecular weight excluding hydrogens is 254 g/mol. The third kappa shape index (κ3) is 2.98. The summed E-state index contributed by atoms with van der Waals surface area (Å²) < 4.78 is 0. The SMILES string of the molecule is c1ccc(CNc2cc(-c3cccs3)ncn2)cc1. The van der Waals surface area contributed by atoms with E-state index >= 15 is 0 Å². The van der Waals surface area contributed by atoms with Crippen LogP contribution in [0.5, 0.6) is 0 Å². The molecule has 0 saturated heterocycles. The summed E-state index contributed by atoms with van der Waals surface area (Å²) in [6.07, 6.45) is 1.60. The van der Waals surface area contributed by atoms with E-state index in [-0.39, 0.29) is 0 Å². The minimum absolute atomic E-state index is 0.766. The van der Waals surface area contributed by atoms with Gasteiger partial charge in [0.25, 0.3) is 0 Å². The van der Waals surface area contributed by atoms with E-state index in [9.17, 15) is 0 Å². The van der Waals surface area contributed by atoms with E-state index in [1.807, 2.05) is 30.3 Å². The molecule has 1 N–H and O–H groups in total. The summed E-state index contributed by atoms with van der Waals surface area (Å²) in [5.74, 6) is 0.849. The Bertz CT molecular complexity index is 636. The van der Waals surface area contributed by atoms with Crippen molar-refractivity contribution in [2.75, 3.05) is 5.32 Å². The monoisotopic (exact) mass is 267 g/mol. The van der Waals surface area contributed by atoms with Gasteiger partial charge in [0, 0.05) is 12.6 Å². The van der Waals surface area contributed by atoms with E-state index in [4.69, 9.17) is 0 Å². The average molecular weight is 267 g/mol. The molecule has 3 aromatic rings. The minimum Gasteiger partial charge on any atom is -0.366 e. The standard InChI is InChI=1S/C15H13N3S/c1-2-5-12(6-3-1)10-16-15-9-13(17-11-18-15)14-7-4-8-19-14/h1-9,11H,10H2,(H,16,17,18). The quantitative estimate of drug-likeness (QED) is 0.781. The van der Waals surface area contributed by atoms with Crippen LogP contribution in [0.15, 0.2) is 60.2 Å². The molecule has 0 fully saturated rings. The van der Waals surface area contributed by atoms with Gasteiger partial charge in [0.15, 0.2) is 0 Å². The van der Waals surface area contributed by atoms with Gasteiger partial charge in [-0.05, 0) is 17.0 Å². The van der Waals surface area contributed by atoms with E-state index in [2.05, 4.69) is 38.9 Å². The first-order valence-electron chi connectivity index (χ1n) is 6.05. The lowest BCUT2D eigenvalue weighted by Gasteiger charge is -2.06. The third-order valence-electron chi connectivity index (χ3n) is 2.76. The zero-order valence-electron chi connectivity index (χ0n) is 10.3. The van der Waals surface area contributed by atoms with Crippen LogP contribution in [0, 0.1) is 0 Å². The van der Waals surface area contributed by atoms with Crippen molar-refractivity contribution in [3.8, 4) is 10.6 Å². The van der Waals surface area contributed by atoms with Crippen LogP contribution in [-0.4, -0.2) is 9.97 Å². The van der Waals surface area contributed by atoms with Crippen molar-refractivity contribution in [2.45, 2.75) is 6.54 Å². The molecule has 0 spiro atoms. The lowest BCUT2D eigenvalue weighted by Crippen LogP contribution is -2.01. The topological polar surface area (TPSA) is 37.8 Å². The number of thiophene rings is 1. The Morgan fingerprint density at radius 2 is 1.89 bits per heavy atom. The first kappa shape index (κ1) is 11.9. The average Bonchev–Trinajstić information content (AvgIpc) is 3.01. The highest BCUT2D eigenvalue weighted by Gasteiger charge is 2.02. The summed E-state index contributed by atoms with van der Waals surface area (Å²) in [4.78, 5) is 9.70. The molecule has 0 saturated carbocycles. The van der Waals surface area contributed by atoms with Gasteiger partial charge in [0.05, 0.1) is 10.6 Å². The molecule has 1 aromatic carbocycles. The molecule has 2 aromatic heterocycles. The van der Waals surface area contributed by atoms with Crippen molar-refractivity contribution in [3.63, 3.8) is 0 Å². The summed E-state index contributed by atoms with van der Waals surface area (Å²) >= 11 is 1.68. The smallest absolute Gasteiger partial charge is 0.130 e. The maximum absolute atomic E-state index is 4.30. The van der Waals surface area contributed by atoms with Crippen molar-refractivity contribution >= 4 is 17.2 Å². The minimum atomic E-state index is 0.766. The molecule has 0 amide bonds. The highest BCUT2D eigenvalue weighted by Crippen LogP contribution is 2.23. The Morgan fingerprint density at radius 3 is 2.68 bits per heavy atom. The Labute approximate surface area is 116 Å². The first-order chi connectivity index (χ1) is 9.42. The van der Waals surface area contributed by atoms with E-state index in [0.717, 1.165) is 22.9 Å². The largest absolute Gasteiger partial charge is 0.366 e. The van der Waals surface area contributed by atoms with Crippen LogP contribution in [-0.2, 0) is 6.54 Å². The molecule has 0 aliphatic carbocycles. The predicted octanol–water partition coefficient (Wildman–Crippen LogP) is 3.82. The number of rotatable bonds is 4. The summed E-state index contributed by atoms with van der Waals surface area (Å²) in [5, 5.41) is 5.37. The summed E-state index contributed by atoms with van der Waals surface area (Å²) in [6, 6.07) is 16.3. The van der Waals surface area contributed by atoms with E-state index in [1.165, 1.54) is 5.56 Å². The molecule has 0 unspecified atom stereocenters. The molecule has 3 rings (SSSR count). The van der Waals surface area contributed by atoms with Crippen LogP contribution >= 0.6 is 11.3 Å². The van der Waals surface area contributed by atoms with Gasteiger partial charge in [0.2, 0.25) is 0 Å². The van der Waals surface area contributed by atoms with Gasteiger partial charge < -0.3 is 5.32 Å². The number of hydrogen-bond donors (Lipinski definition) is 1. The molecule has 2 heterocycles. The van der Waals surface area contributed by atoms with Gasteiger partial charge in [-0.2, -0.15) is 0 Å². The third-order valence-corrected chi connectivity index (χ3v) is 3.65. The number of benzene rings is 1. The predicted molar refractivity (Wildman–Crippen MR) is 79.1 cm³/mol. The summed E-state index contributed by atoms with van der Waals surface area (Å²) in [6.45, 7) is 0.766. The Kier molecular flexibility index (Phi) is 3.51. The number of hydrogen-bond acceptors (Lipinski definition) is 4. The van der Waals surface area contributed by atoms with Crippen molar-refractivity contribution in [3.05, 3.63) is 65.8 Å². The van der Waals surface area contributed by atoms with Crippen LogP contribution in [0.2, 0.25) is 0 Å². The van der Waals surface area contributed by atoms with Crippen LogP contribution in [0.3, 0.4) is 0 Å². The molecule has 94 valence electrons. The van der Waals surface area contributed by atoms with Gasteiger partial charge in [-0.25, -0.2) is 9.97 Å². The van der Waals surface area contributed by atoms with Crippen LogP contribution in [0.1, 0.15) is 5.56 Å². The normalized spacial score (nSPS) is 10.3. The summed E-state index contributed by atoms with van der Waals surface area (Å²) in [7, 11) is 0. The highest BCUT2D eigenvalue weighted by atomic mass is 32.1.